The number of hydrogen-bond acceptors (Lipinski definition) is 3. The van der Waals surface area contributed by atoms with Crippen LogP contribution in [0.1, 0.15) is 43.6 Å². The van der Waals surface area contributed by atoms with Gasteiger partial charge in [-0.05, 0) is 45.4 Å². The van der Waals surface area contributed by atoms with Crippen molar-refractivity contribution in [3.05, 3.63) is 47.0 Å². The van der Waals surface area contributed by atoms with E-state index in [0.717, 1.165) is 11.1 Å². The molecule has 1 rings (SSSR count). The molecular formula is C17H24N2O3. The maximum atomic E-state index is 12.0. The van der Waals surface area contributed by atoms with Gasteiger partial charge in [0.05, 0.1) is 12.1 Å². The number of carbonyl (C=O) groups excluding carboxylic acids is 2. The smallest absolute Gasteiger partial charge is 0.251 e. The number of benzene rings is 1. The average molecular weight is 304 g/mol. The number of aliphatic hydroxyl groups is 1. The quantitative estimate of drug-likeness (QED) is 0.701. The van der Waals surface area contributed by atoms with Crippen LogP contribution in [0.3, 0.4) is 0 Å². The second-order valence-corrected chi connectivity index (χ2v) is 6.13. The van der Waals surface area contributed by atoms with Crippen LogP contribution in [0.5, 0.6) is 0 Å². The number of rotatable bonds is 6. The fraction of sp³-hybridized carbons (Fsp3) is 0.412. The summed E-state index contributed by atoms with van der Waals surface area (Å²) in [4.78, 5) is 23.5. The molecule has 0 aliphatic heterocycles. The lowest BCUT2D eigenvalue weighted by atomic mass is 10.1. The first-order valence-electron chi connectivity index (χ1n) is 7.18. The standard InChI is InChI=1S/C17H24N2O3/c1-12(2)9-15(21)18-10-13-5-7-14(8-6-13)16(22)19-17(3,4)11-20/h5-9,20H,10-11H2,1-4H3,(H,18,21)(H,19,22). The molecule has 0 spiro atoms. The van der Waals surface area contributed by atoms with Gasteiger partial charge in [0.2, 0.25) is 5.91 Å². The SMILES string of the molecule is CC(C)=CC(=O)NCc1ccc(C(=O)NC(C)(C)CO)cc1. The van der Waals surface area contributed by atoms with Crippen molar-refractivity contribution in [2.75, 3.05) is 6.61 Å². The van der Waals surface area contributed by atoms with Gasteiger partial charge in [0.1, 0.15) is 0 Å². The van der Waals surface area contributed by atoms with Crippen molar-refractivity contribution < 1.29 is 14.7 Å². The Bertz CT molecular complexity index is 556. The van der Waals surface area contributed by atoms with E-state index < -0.39 is 5.54 Å². The molecule has 0 atom stereocenters. The number of carbonyl (C=O) groups is 2. The van der Waals surface area contributed by atoms with Crippen LogP contribution in [0.15, 0.2) is 35.9 Å². The zero-order valence-electron chi connectivity index (χ0n) is 13.6. The molecule has 0 radical (unpaired) electrons. The molecule has 0 bridgehead atoms. The summed E-state index contributed by atoms with van der Waals surface area (Å²) in [6.07, 6.45) is 1.54. The van der Waals surface area contributed by atoms with Gasteiger partial charge in [-0.1, -0.05) is 17.7 Å². The van der Waals surface area contributed by atoms with Crippen LogP contribution in [0.4, 0.5) is 0 Å². The van der Waals surface area contributed by atoms with Crippen molar-refractivity contribution in [3.8, 4) is 0 Å². The summed E-state index contributed by atoms with van der Waals surface area (Å²) in [6, 6.07) is 6.99. The van der Waals surface area contributed by atoms with Gasteiger partial charge < -0.3 is 15.7 Å². The molecule has 22 heavy (non-hydrogen) atoms. The lowest BCUT2D eigenvalue weighted by molar-refractivity contribution is -0.116. The van der Waals surface area contributed by atoms with Gasteiger partial charge >= 0.3 is 0 Å². The minimum atomic E-state index is -0.659. The number of amides is 2. The van der Waals surface area contributed by atoms with Crippen LogP contribution in [0.2, 0.25) is 0 Å². The summed E-state index contributed by atoms with van der Waals surface area (Å²) in [5.74, 6) is -0.370. The summed E-state index contributed by atoms with van der Waals surface area (Å²) in [7, 11) is 0. The fourth-order valence-electron chi connectivity index (χ4n) is 1.70. The molecule has 0 aliphatic rings. The van der Waals surface area contributed by atoms with Crippen LogP contribution < -0.4 is 10.6 Å². The third-order valence-electron chi connectivity index (χ3n) is 2.95. The highest BCUT2D eigenvalue weighted by atomic mass is 16.3. The van der Waals surface area contributed by atoms with Crippen LogP contribution in [0, 0.1) is 0 Å². The van der Waals surface area contributed by atoms with Gasteiger partial charge in [-0.2, -0.15) is 0 Å². The number of aliphatic hydroxyl groups excluding tert-OH is 1. The summed E-state index contributed by atoms with van der Waals surface area (Å²) >= 11 is 0. The molecule has 0 aliphatic carbocycles. The Hall–Kier alpha value is -2.14. The summed E-state index contributed by atoms with van der Waals surface area (Å²) < 4.78 is 0. The second-order valence-electron chi connectivity index (χ2n) is 6.13. The first-order chi connectivity index (χ1) is 10.2. The molecular weight excluding hydrogens is 280 g/mol. The average Bonchev–Trinajstić information content (AvgIpc) is 2.44. The van der Waals surface area contributed by atoms with E-state index in [0.29, 0.717) is 12.1 Å². The summed E-state index contributed by atoms with van der Waals surface area (Å²) in [5, 5.41) is 14.7. The van der Waals surface area contributed by atoms with E-state index in [2.05, 4.69) is 10.6 Å². The Morgan fingerprint density at radius 3 is 2.27 bits per heavy atom. The van der Waals surface area contributed by atoms with Crippen molar-refractivity contribution in [2.45, 2.75) is 39.8 Å². The first kappa shape index (κ1) is 17.9. The number of hydrogen-bond donors (Lipinski definition) is 3. The molecule has 3 N–H and O–H groups in total. The van der Waals surface area contributed by atoms with E-state index in [1.54, 1.807) is 44.2 Å². The van der Waals surface area contributed by atoms with E-state index in [-0.39, 0.29) is 18.4 Å². The summed E-state index contributed by atoms with van der Waals surface area (Å²) in [5.41, 5.74) is 1.71. The van der Waals surface area contributed by atoms with Crippen LogP contribution >= 0.6 is 0 Å². The van der Waals surface area contributed by atoms with Gasteiger partial charge in [-0.15, -0.1) is 0 Å². The topological polar surface area (TPSA) is 78.4 Å². The second kappa shape index (κ2) is 7.75. The molecule has 0 saturated heterocycles. The Kier molecular flexibility index (Phi) is 6.31. The number of allylic oxidation sites excluding steroid dienone is 1. The predicted octanol–water partition coefficient (Wildman–Crippen LogP) is 1.77. The lowest BCUT2D eigenvalue weighted by Crippen LogP contribution is -2.46. The van der Waals surface area contributed by atoms with Crippen molar-refractivity contribution in [1.29, 1.82) is 0 Å². The maximum absolute atomic E-state index is 12.0. The minimum Gasteiger partial charge on any atom is -0.394 e. The molecule has 1 aromatic rings. The van der Waals surface area contributed by atoms with Gasteiger partial charge in [0.25, 0.3) is 5.91 Å². The van der Waals surface area contributed by atoms with Crippen LogP contribution in [-0.4, -0.2) is 29.1 Å². The molecule has 0 unspecified atom stereocenters. The Morgan fingerprint density at radius 1 is 1.18 bits per heavy atom. The van der Waals surface area contributed by atoms with Gasteiger partial charge in [0, 0.05) is 18.2 Å². The van der Waals surface area contributed by atoms with Crippen molar-refractivity contribution >= 4 is 11.8 Å². The monoisotopic (exact) mass is 304 g/mol. The van der Waals surface area contributed by atoms with Crippen molar-refractivity contribution in [3.63, 3.8) is 0 Å². The Morgan fingerprint density at radius 2 is 1.77 bits per heavy atom. The van der Waals surface area contributed by atoms with Crippen LogP contribution in [0.25, 0.3) is 0 Å². The zero-order valence-corrected chi connectivity index (χ0v) is 13.6. The molecule has 2 amide bonds. The van der Waals surface area contributed by atoms with E-state index in [1.165, 1.54) is 0 Å². The third kappa shape index (κ3) is 6.10. The highest BCUT2D eigenvalue weighted by molar-refractivity contribution is 5.94. The van der Waals surface area contributed by atoms with Crippen LogP contribution in [-0.2, 0) is 11.3 Å². The zero-order chi connectivity index (χ0) is 16.8. The Labute approximate surface area is 131 Å². The molecule has 0 fully saturated rings. The first-order valence-corrected chi connectivity index (χ1v) is 7.18. The van der Waals surface area contributed by atoms with E-state index in [9.17, 15) is 9.59 Å². The minimum absolute atomic E-state index is 0.132. The third-order valence-corrected chi connectivity index (χ3v) is 2.95. The highest BCUT2D eigenvalue weighted by Crippen LogP contribution is 2.07. The highest BCUT2D eigenvalue weighted by Gasteiger charge is 2.19. The maximum Gasteiger partial charge on any atom is 0.251 e. The van der Waals surface area contributed by atoms with E-state index in [4.69, 9.17) is 5.11 Å². The van der Waals surface area contributed by atoms with E-state index in [1.807, 2.05) is 13.8 Å². The molecule has 120 valence electrons. The number of nitrogens with one attached hydrogen (secondary N) is 2. The molecule has 5 heteroatoms. The Balaban J connectivity index is 2.61. The molecule has 0 aromatic heterocycles. The lowest BCUT2D eigenvalue weighted by Gasteiger charge is -2.23. The summed E-state index contributed by atoms with van der Waals surface area (Å²) in [6.45, 7) is 7.50. The predicted molar refractivity (Wildman–Crippen MR) is 86.4 cm³/mol. The van der Waals surface area contributed by atoms with Crippen molar-refractivity contribution in [1.82, 2.24) is 10.6 Å². The molecule has 0 heterocycles. The largest absolute Gasteiger partial charge is 0.394 e. The van der Waals surface area contributed by atoms with Gasteiger partial charge in [-0.3, -0.25) is 9.59 Å². The molecule has 1 aromatic carbocycles. The van der Waals surface area contributed by atoms with E-state index >= 15 is 0 Å². The van der Waals surface area contributed by atoms with Gasteiger partial charge in [-0.25, -0.2) is 0 Å². The fourth-order valence-corrected chi connectivity index (χ4v) is 1.70. The molecule has 5 nitrogen and oxygen atoms in total. The van der Waals surface area contributed by atoms with Gasteiger partial charge in [0.15, 0.2) is 0 Å². The molecule has 0 saturated carbocycles. The normalized spacial score (nSPS) is 10.8. The van der Waals surface area contributed by atoms with Crippen molar-refractivity contribution in [2.24, 2.45) is 0 Å².